The van der Waals surface area contributed by atoms with Gasteiger partial charge in [-0.1, -0.05) is 54.6 Å². The number of hydrogen-bond donors (Lipinski definition) is 2. The smallest absolute Gasteiger partial charge is 0.251 e. The first-order valence-electron chi connectivity index (χ1n) is 10.3. The topological polar surface area (TPSA) is 88.9 Å². The second-order valence-electron chi connectivity index (χ2n) is 7.04. The van der Waals surface area contributed by atoms with Crippen molar-refractivity contribution < 1.29 is 9.59 Å². The molecule has 0 aliphatic heterocycles. The number of carbonyl (C=O) groups is 2. The van der Waals surface area contributed by atoms with Gasteiger partial charge in [-0.2, -0.15) is 0 Å². The lowest BCUT2D eigenvalue weighted by Crippen LogP contribution is -2.25. The predicted molar refractivity (Wildman–Crippen MR) is 123 cm³/mol. The van der Waals surface area contributed by atoms with Crippen LogP contribution in [0.4, 0.5) is 5.69 Å². The second kappa shape index (κ2) is 10.8. The number of carbonyl (C=O) groups excluding carboxylic acids is 2. The van der Waals surface area contributed by atoms with Crippen LogP contribution in [0.25, 0.3) is 0 Å². The highest BCUT2D eigenvalue weighted by Crippen LogP contribution is 2.19. The van der Waals surface area contributed by atoms with Crippen LogP contribution in [0.1, 0.15) is 41.2 Å². The van der Waals surface area contributed by atoms with Crippen LogP contribution in [-0.2, 0) is 24.3 Å². The van der Waals surface area contributed by atoms with Gasteiger partial charge in [-0.15, -0.1) is 10.2 Å². The van der Waals surface area contributed by atoms with Gasteiger partial charge < -0.3 is 15.2 Å². The van der Waals surface area contributed by atoms with Gasteiger partial charge in [-0.25, -0.2) is 0 Å². The van der Waals surface area contributed by atoms with Crippen LogP contribution in [0.5, 0.6) is 0 Å². The largest absolute Gasteiger partial charge is 0.345 e. The quantitative estimate of drug-likeness (QED) is 0.497. The number of anilines is 1. The van der Waals surface area contributed by atoms with Crippen molar-refractivity contribution in [3.8, 4) is 0 Å². The molecule has 7 nitrogen and oxygen atoms in total. The van der Waals surface area contributed by atoms with Crippen molar-refractivity contribution in [3.63, 3.8) is 0 Å². The van der Waals surface area contributed by atoms with E-state index < -0.39 is 0 Å². The number of nitrogens with one attached hydrogen (secondary N) is 2. The molecule has 1 aromatic heterocycles. The molecule has 1 heterocycles. The molecular formula is C23H27N5O2S. The van der Waals surface area contributed by atoms with Gasteiger partial charge in [0.05, 0.1) is 12.3 Å². The minimum atomic E-state index is -0.155. The van der Waals surface area contributed by atoms with Crippen molar-refractivity contribution in [2.75, 3.05) is 11.1 Å². The Bertz CT molecular complexity index is 1060. The number of aromatic nitrogens is 3. The van der Waals surface area contributed by atoms with Crippen molar-refractivity contribution in [2.45, 2.75) is 45.4 Å². The number of para-hydroxylation sites is 1. The number of amides is 2. The first-order chi connectivity index (χ1) is 15.0. The Balaban J connectivity index is 1.58. The van der Waals surface area contributed by atoms with E-state index >= 15 is 0 Å². The molecule has 0 bridgehead atoms. The summed E-state index contributed by atoms with van der Waals surface area (Å²) >= 11 is 1.33. The number of nitrogens with zero attached hydrogens (tertiary/aromatic N) is 3. The molecule has 3 rings (SSSR count). The van der Waals surface area contributed by atoms with E-state index in [9.17, 15) is 9.59 Å². The van der Waals surface area contributed by atoms with Gasteiger partial charge in [0.15, 0.2) is 11.0 Å². The highest BCUT2D eigenvalue weighted by molar-refractivity contribution is 7.99. The molecule has 0 saturated heterocycles. The van der Waals surface area contributed by atoms with Gasteiger partial charge in [0, 0.05) is 17.8 Å². The summed E-state index contributed by atoms with van der Waals surface area (Å²) in [5, 5.41) is 14.9. The van der Waals surface area contributed by atoms with Gasteiger partial charge in [-0.3, -0.25) is 9.59 Å². The summed E-state index contributed by atoms with van der Waals surface area (Å²) in [5.74, 6) is 0.636. The van der Waals surface area contributed by atoms with Gasteiger partial charge in [-0.05, 0) is 44.0 Å². The minimum Gasteiger partial charge on any atom is -0.345 e. The van der Waals surface area contributed by atoms with Gasteiger partial charge in [0.25, 0.3) is 5.91 Å². The highest BCUT2D eigenvalue weighted by atomic mass is 32.2. The number of thioether (sulfide) groups is 1. The molecule has 3 aromatic rings. The van der Waals surface area contributed by atoms with Crippen LogP contribution in [-0.4, -0.2) is 32.3 Å². The van der Waals surface area contributed by atoms with Gasteiger partial charge in [0.1, 0.15) is 0 Å². The molecule has 31 heavy (non-hydrogen) atoms. The fraction of sp³-hybridized carbons (Fsp3) is 0.304. The summed E-state index contributed by atoms with van der Waals surface area (Å²) in [6.07, 6.45) is 0.853. The summed E-state index contributed by atoms with van der Waals surface area (Å²) in [5.41, 5.74) is 3.58. The monoisotopic (exact) mass is 437 g/mol. The zero-order chi connectivity index (χ0) is 22.2. The van der Waals surface area contributed by atoms with Gasteiger partial charge in [0.2, 0.25) is 5.91 Å². The second-order valence-corrected chi connectivity index (χ2v) is 7.99. The Hall–Kier alpha value is -3.13. The summed E-state index contributed by atoms with van der Waals surface area (Å²) < 4.78 is 1.91. The molecule has 0 atom stereocenters. The molecule has 2 amide bonds. The highest BCUT2D eigenvalue weighted by Gasteiger charge is 2.15. The number of rotatable bonds is 9. The van der Waals surface area contributed by atoms with Crippen molar-refractivity contribution in [1.82, 2.24) is 20.1 Å². The Kier molecular flexibility index (Phi) is 7.83. The van der Waals surface area contributed by atoms with E-state index in [-0.39, 0.29) is 24.1 Å². The molecule has 0 aliphatic rings. The molecule has 0 radical (unpaired) electrons. The van der Waals surface area contributed by atoms with E-state index in [4.69, 9.17) is 0 Å². The Labute approximate surface area is 186 Å². The SMILES string of the molecule is CCc1ccccc1NC(=O)CSc1nnc(CNC(=O)c2cccc(C)c2)n1CC. The lowest BCUT2D eigenvalue weighted by Gasteiger charge is -2.10. The Morgan fingerprint density at radius 3 is 2.61 bits per heavy atom. The Morgan fingerprint density at radius 2 is 1.87 bits per heavy atom. The van der Waals surface area contributed by atoms with Crippen LogP contribution in [0.2, 0.25) is 0 Å². The van der Waals surface area contributed by atoms with Crippen molar-refractivity contribution >= 4 is 29.3 Å². The summed E-state index contributed by atoms with van der Waals surface area (Å²) in [6.45, 7) is 6.90. The first kappa shape index (κ1) is 22.6. The summed E-state index contributed by atoms with van der Waals surface area (Å²) in [7, 11) is 0. The maximum absolute atomic E-state index is 12.4. The van der Waals surface area contributed by atoms with Crippen LogP contribution >= 0.6 is 11.8 Å². The van der Waals surface area contributed by atoms with E-state index in [0.717, 1.165) is 23.2 Å². The Morgan fingerprint density at radius 1 is 1.06 bits per heavy atom. The van der Waals surface area contributed by atoms with Gasteiger partial charge >= 0.3 is 0 Å². The lowest BCUT2D eigenvalue weighted by molar-refractivity contribution is -0.113. The molecule has 0 saturated carbocycles. The molecular weight excluding hydrogens is 410 g/mol. The maximum Gasteiger partial charge on any atom is 0.251 e. The standard InChI is InChI=1S/C23H27N5O2S/c1-4-17-10-6-7-12-19(17)25-21(29)15-31-23-27-26-20(28(23)5-2)14-24-22(30)18-11-8-9-16(3)13-18/h6-13H,4-5,14-15H2,1-3H3,(H,24,30)(H,25,29). The summed E-state index contributed by atoms with van der Waals surface area (Å²) in [4.78, 5) is 24.8. The van der Waals surface area contributed by atoms with Crippen LogP contribution in [0, 0.1) is 6.92 Å². The van der Waals surface area contributed by atoms with Crippen molar-refractivity contribution in [1.29, 1.82) is 0 Å². The minimum absolute atomic E-state index is 0.0918. The summed E-state index contributed by atoms with van der Waals surface area (Å²) in [6, 6.07) is 15.2. The fourth-order valence-electron chi connectivity index (χ4n) is 3.19. The number of aryl methyl sites for hydroxylation is 2. The zero-order valence-electron chi connectivity index (χ0n) is 18.0. The molecule has 0 aliphatic carbocycles. The molecule has 2 N–H and O–H groups in total. The van der Waals surface area contributed by atoms with Crippen LogP contribution in [0.3, 0.4) is 0 Å². The average molecular weight is 438 g/mol. The molecule has 162 valence electrons. The zero-order valence-corrected chi connectivity index (χ0v) is 18.8. The van der Waals surface area contributed by atoms with E-state index in [0.29, 0.717) is 23.1 Å². The molecule has 2 aromatic carbocycles. The molecule has 8 heteroatoms. The first-order valence-corrected chi connectivity index (χ1v) is 11.3. The third kappa shape index (κ3) is 5.95. The average Bonchev–Trinajstić information content (AvgIpc) is 3.18. The molecule has 0 unspecified atom stereocenters. The number of hydrogen-bond acceptors (Lipinski definition) is 5. The predicted octanol–water partition coefficient (Wildman–Crippen LogP) is 3.83. The maximum atomic E-state index is 12.4. The number of benzene rings is 2. The van der Waals surface area contributed by atoms with Crippen molar-refractivity contribution in [3.05, 3.63) is 71.0 Å². The third-order valence-electron chi connectivity index (χ3n) is 4.80. The van der Waals surface area contributed by atoms with E-state index in [1.54, 1.807) is 6.07 Å². The van der Waals surface area contributed by atoms with E-state index in [2.05, 4.69) is 27.8 Å². The molecule has 0 fully saturated rings. The van der Waals surface area contributed by atoms with E-state index in [1.165, 1.54) is 11.8 Å². The van der Waals surface area contributed by atoms with Crippen molar-refractivity contribution in [2.24, 2.45) is 0 Å². The van der Waals surface area contributed by atoms with Crippen LogP contribution in [0.15, 0.2) is 53.7 Å². The third-order valence-corrected chi connectivity index (χ3v) is 5.77. The van der Waals surface area contributed by atoms with E-state index in [1.807, 2.05) is 60.9 Å². The molecule has 0 spiro atoms. The van der Waals surface area contributed by atoms with Crippen LogP contribution < -0.4 is 10.6 Å². The lowest BCUT2D eigenvalue weighted by atomic mass is 10.1. The normalized spacial score (nSPS) is 10.7. The fourth-order valence-corrected chi connectivity index (χ4v) is 4.01.